The predicted octanol–water partition coefficient (Wildman–Crippen LogP) is 1.09. The largest absolute Gasteiger partial charge is 0.395 e. The number of nitrogens with one attached hydrogen (secondary N) is 1. The third kappa shape index (κ3) is 2.71. The number of benzene rings is 1. The summed E-state index contributed by atoms with van der Waals surface area (Å²) in [6.45, 7) is 5.20. The zero-order chi connectivity index (χ0) is 15.5. The molecule has 1 saturated heterocycles. The van der Waals surface area contributed by atoms with Crippen LogP contribution in [0.15, 0.2) is 24.3 Å². The molecular weight excluding hydrogens is 280 g/mol. The Hall–Kier alpha value is -1.92. The number of hydrogen-bond donors (Lipinski definition) is 2. The number of aliphatic hydroxyl groups excluding tert-OH is 1. The molecule has 1 aromatic carbocycles. The average molecular weight is 302 g/mol. The molecule has 1 aliphatic rings. The van der Waals surface area contributed by atoms with E-state index in [1.807, 2.05) is 29.2 Å². The maximum absolute atomic E-state index is 12.7. The van der Waals surface area contributed by atoms with E-state index in [0.29, 0.717) is 18.8 Å². The van der Waals surface area contributed by atoms with E-state index in [2.05, 4.69) is 22.0 Å². The average Bonchev–Trinajstić information content (AvgIpc) is 3.00. The number of aromatic amines is 1. The Kier molecular flexibility index (Phi) is 4.40. The van der Waals surface area contributed by atoms with E-state index in [4.69, 9.17) is 0 Å². The monoisotopic (exact) mass is 302 g/mol. The van der Waals surface area contributed by atoms with Crippen LogP contribution in [0.3, 0.4) is 0 Å². The lowest BCUT2D eigenvalue weighted by Crippen LogP contribution is -2.52. The van der Waals surface area contributed by atoms with Gasteiger partial charge in [-0.15, -0.1) is 0 Å². The molecule has 0 saturated carbocycles. The summed E-state index contributed by atoms with van der Waals surface area (Å²) in [6, 6.07) is 7.88. The Labute approximate surface area is 129 Å². The maximum atomic E-state index is 12.7. The van der Waals surface area contributed by atoms with Crippen LogP contribution in [-0.4, -0.2) is 69.8 Å². The van der Waals surface area contributed by atoms with Crippen molar-refractivity contribution >= 4 is 16.8 Å². The van der Waals surface area contributed by atoms with E-state index in [1.54, 1.807) is 0 Å². The highest BCUT2D eigenvalue weighted by Gasteiger charge is 2.27. The molecule has 1 atom stereocenters. The second-order valence-electron chi connectivity index (χ2n) is 5.69. The molecule has 0 spiro atoms. The van der Waals surface area contributed by atoms with E-state index in [1.165, 1.54) is 0 Å². The number of piperazine rings is 1. The minimum Gasteiger partial charge on any atom is -0.395 e. The number of H-pyrrole nitrogens is 1. The molecule has 6 heteroatoms. The van der Waals surface area contributed by atoms with E-state index in [-0.39, 0.29) is 18.6 Å². The molecule has 1 unspecified atom stereocenters. The number of para-hydroxylation sites is 1. The van der Waals surface area contributed by atoms with Gasteiger partial charge in [0.05, 0.1) is 12.1 Å². The predicted molar refractivity (Wildman–Crippen MR) is 84.7 cm³/mol. The van der Waals surface area contributed by atoms with Crippen LogP contribution < -0.4 is 0 Å². The molecule has 0 radical (unpaired) electrons. The van der Waals surface area contributed by atoms with Gasteiger partial charge in [-0.05, 0) is 12.5 Å². The lowest BCUT2D eigenvalue weighted by molar-refractivity contribution is 0.0469. The molecule has 2 N–H and O–H groups in total. The third-order valence-electron chi connectivity index (χ3n) is 4.47. The fourth-order valence-corrected chi connectivity index (χ4v) is 3.07. The van der Waals surface area contributed by atoms with Crippen molar-refractivity contribution in [3.8, 4) is 0 Å². The first-order chi connectivity index (χ1) is 10.7. The summed E-state index contributed by atoms with van der Waals surface area (Å²) < 4.78 is 0. The van der Waals surface area contributed by atoms with Gasteiger partial charge in [0.15, 0.2) is 5.69 Å². The third-order valence-corrected chi connectivity index (χ3v) is 4.47. The first kappa shape index (κ1) is 15.0. The molecule has 1 aromatic heterocycles. The molecular formula is C16H22N4O2. The van der Waals surface area contributed by atoms with Gasteiger partial charge in [0.2, 0.25) is 0 Å². The first-order valence-electron chi connectivity index (χ1n) is 7.82. The van der Waals surface area contributed by atoms with Gasteiger partial charge in [-0.3, -0.25) is 14.8 Å². The van der Waals surface area contributed by atoms with Gasteiger partial charge in [-0.25, -0.2) is 0 Å². The van der Waals surface area contributed by atoms with Crippen LogP contribution in [0.2, 0.25) is 0 Å². The fourth-order valence-electron chi connectivity index (χ4n) is 3.07. The van der Waals surface area contributed by atoms with Gasteiger partial charge in [0.1, 0.15) is 0 Å². The van der Waals surface area contributed by atoms with Crippen molar-refractivity contribution in [2.75, 3.05) is 32.8 Å². The Bertz CT molecular complexity index is 642. The van der Waals surface area contributed by atoms with Crippen LogP contribution in [0.5, 0.6) is 0 Å². The zero-order valence-corrected chi connectivity index (χ0v) is 12.8. The van der Waals surface area contributed by atoms with Gasteiger partial charge in [0.25, 0.3) is 5.91 Å². The van der Waals surface area contributed by atoms with E-state index in [0.717, 1.165) is 30.4 Å². The molecule has 6 nitrogen and oxygen atoms in total. The molecule has 1 amide bonds. The van der Waals surface area contributed by atoms with Gasteiger partial charge in [-0.1, -0.05) is 25.1 Å². The van der Waals surface area contributed by atoms with Crippen molar-refractivity contribution < 1.29 is 9.90 Å². The maximum Gasteiger partial charge on any atom is 0.275 e. The number of hydrogen-bond acceptors (Lipinski definition) is 4. The van der Waals surface area contributed by atoms with Crippen molar-refractivity contribution in [3.05, 3.63) is 30.0 Å². The molecule has 1 aliphatic heterocycles. The number of amides is 1. The fraction of sp³-hybridized carbons (Fsp3) is 0.500. The van der Waals surface area contributed by atoms with E-state index < -0.39 is 0 Å². The van der Waals surface area contributed by atoms with Crippen molar-refractivity contribution in [1.29, 1.82) is 0 Å². The topological polar surface area (TPSA) is 72.5 Å². The number of aromatic nitrogens is 2. The van der Waals surface area contributed by atoms with Crippen LogP contribution in [-0.2, 0) is 0 Å². The highest BCUT2D eigenvalue weighted by molar-refractivity contribution is 6.04. The minimum atomic E-state index is -0.0193. The van der Waals surface area contributed by atoms with E-state index in [9.17, 15) is 9.90 Å². The lowest BCUT2D eigenvalue weighted by atomic mass is 10.1. The highest BCUT2D eigenvalue weighted by Crippen LogP contribution is 2.18. The van der Waals surface area contributed by atoms with E-state index >= 15 is 0 Å². The Morgan fingerprint density at radius 2 is 2.05 bits per heavy atom. The SMILES string of the molecule is CCC(CO)N1CCN(C(=O)c2n[nH]c3ccccc23)CC1. The molecule has 0 aliphatic carbocycles. The number of aliphatic hydroxyl groups is 1. The first-order valence-corrected chi connectivity index (χ1v) is 7.82. The Morgan fingerprint density at radius 3 is 2.73 bits per heavy atom. The summed E-state index contributed by atoms with van der Waals surface area (Å²) in [6.07, 6.45) is 0.925. The van der Waals surface area contributed by atoms with Crippen molar-refractivity contribution in [3.63, 3.8) is 0 Å². The number of carbonyl (C=O) groups excluding carboxylic acids is 1. The van der Waals surface area contributed by atoms with Crippen LogP contribution >= 0.6 is 0 Å². The quantitative estimate of drug-likeness (QED) is 0.887. The summed E-state index contributed by atoms with van der Waals surface area (Å²) in [7, 11) is 0. The summed E-state index contributed by atoms with van der Waals surface area (Å²) in [5.41, 5.74) is 1.38. The van der Waals surface area contributed by atoms with Crippen LogP contribution in [0.4, 0.5) is 0 Å². The summed E-state index contributed by atoms with van der Waals surface area (Å²) in [5, 5.41) is 17.4. The van der Waals surface area contributed by atoms with Gasteiger partial charge in [-0.2, -0.15) is 5.10 Å². The Morgan fingerprint density at radius 1 is 1.32 bits per heavy atom. The van der Waals surface area contributed by atoms with Crippen molar-refractivity contribution in [2.24, 2.45) is 0 Å². The highest BCUT2D eigenvalue weighted by atomic mass is 16.3. The molecule has 22 heavy (non-hydrogen) atoms. The molecule has 1 fully saturated rings. The molecule has 2 heterocycles. The van der Waals surface area contributed by atoms with Gasteiger partial charge < -0.3 is 10.0 Å². The number of rotatable bonds is 4. The zero-order valence-electron chi connectivity index (χ0n) is 12.8. The second-order valence-corrected chi connectivity index (χ2v) is 5.69. The molecule has 118 valence electrons. The van der Waals surface area contributed by atoms with Gasteiger partial charge in [0, 0.05) is 37.6 Å². The number of fused-ring (bicyclic) bond motifs is 1. The lowest BCUT2D eigenvalue weighted by Gasteiger charge is -2.38. The number of nitrogens with zero attached hydrogens (tertiary/aromatic N) is 3. The number of carbonyl (C=O) groups is 1. The van der Waals surface area contributed by atoms with Gasteiger partial charge >= 0.3 is 0 Å². The molecule has 0 bridgehead atoms. The normalized spacial score (nSPS) is 17.8. The Balaban J connectivity index is 1.70. The summed E-state index contributed by atoms with van der Waals surface area (Å²) in [5.74, 6) is -0.0193. The standard InChI is InChI=1S/C16H22N4O2/c1-2-12(11-21)19-7-9-20(10-8-19)16(22)15-13-5-3-4-6-14(13)17-18-15/h3-6,12,21H,2,7-11H2,1H3,(H,17,18). The molecule has 3 rings (SSSR count). The molecule has 2 aromatic rings. The van der Waals surface area contributed by atoms with Crippen molar-refractivity contribution in [2.45, 2.75) is 19.4 Å². The summed E-state index contributed by atoms with van der Waals surface area (Å²) in [4.78, 5) is 16.8. The van der Waals surface area contributed by atoms with Crippen LogP contribution in [0.25, 0.3) is 10.9 Å². The smallest absolute Gasteiger partial charge is 0.275 e. The van der Waals surface area contributed by atoms with Crippen LogP contribution in [0.1, 0.15) is 23.8 Å². The summed E-state index contributed by atoms with van der Waals surface area (Å²) >= 11 is 0. The second kappa shape index (κ2) is 6.46. The van der Waals surface area contributed by atoms with Crippen LogP contribution in [0, 0.1) is 0 Å². The minimum absolute atomic E-state index is 0.0193. The van der Waals surface area contributed by atoms with Crippen molar-refractivity contribution in [1.82, 2.24) is 20.0 Å².